The van der Waals surface area contributed by atoms with E-state index in [-0.39, 0.29) is 12.7 Å². The maximum absolute atomic E-state index is 9.18. The largest absolute Gasteiger partial charge is 0.394 e. The van der Waals surface area contributed by atoms with Gasteiger partial charge in [0.2, 0.25) is 0 Å². The molecule has 0 saturated carbocycles. The molecule has 0 aromatic carbocycles. The second kappa shape index (κ2) is 18.5. The molecule has 2 N–H and O–H groups in total. The van der Waals surface area contributed by atoms with Crippen LogP contribution in [0.15, 0.2) is 24.3 Å². The standard InChI is InChI=1S/C12H22O3.C8H14O.C2H3O/c13-8-9-14-10-11-15-12-6-4-2-1-3-5-7-12;9-8-6-4-2-1-3-5-7-8;1-2-3-1/h1-2,12-13H,3-11H2;1-2,8-9H,3-7H2;1H,2H2/q;;+1/b2*2-1-;. The van der Waals surface area contributed by atoms with Crippen molar-refractivity contribution in [3.05, 3.63) is 30.9 Å². The Kier molecular flexibility index (Phi) is 16.6. The Hall–Kier alpha value is -0.850. The van der Waals surface area contributed by atoms with Crippen LogP contribution in [0.2, 0.25) is 0 Å². The average Bonchev–Trinajstić information content (AvgIpc) is 3.49. The number of epoxide rings is 1. The summed E-state index contributed by atoms with van der Waals surface area (Å²) in [5.74, 6) is 0. The highest BCUT2D eigenvalue weighted by atomic mass is 16.6. The molecule has 5 nitrogen and oxygen atoms in total. The Balaban J connectivity index is 0.000000253. The van der Waals surface area contributed by atoms with Crippen LogP contribution in [0.1, 0.15) is 64.2 Å². The zero-order chi connectivity index (χ0) is 19.4. The van der Waals surface area contributed by atoms with Crippen molar-refractivity contribution in [3.8, 4) is 0 Å². The van der Waals surface area contributed by atoms with Gasteiger partial charge < -0.3 is 19.7 Å². The molecule has 1 fully saturated rings. The van der Waals surface area contributed by atoms with Crippen LogP contribution in [-0.2, 0) is 14.2 Å². The summed E-state index contributed by atoms with van der Waals surface area (Å²) in [5, 5.41) is 17.7. The van der Waals surface area contributed by atoms with E-state index in [1.807, 2.05) is 0 Å². The number of rotatable bonds is 6. The molecule has 156 valence electrons. The molecule has 1 saturated heterocycles. The van der Waals surface area contributed by atoms with E-state index >= 15 is 0 Å². The first-order valence-electron chi connectivity index (χ1n) is 10.5. The molecular weight excluding hydrogens is 344 g/mol. The second-order valence-electron chi connectivity index (χ2n) is 6.94. The molecule has 0 spiro atoms. The summed E-state index contributed by atoms with van der Waals surface area (Å²) < 4.78 is 15.2. The fourth-order valence-corrected chi connectivity index (χ4v) is 2.87. The zero-order valence-corrected chi connectivity index (χ0v) is 16.8. The van der Waals surface area contributed by atoms with Gasteiger partial charge in [-0.2, -0.15) is 0 Å². The maximum atomic E-state index is 9.18. The average molecular weight is 384 g/mol. The topological polar surface area (TPSA) is 71.5 Å². The van der Waals surface area contributed by atoms with Gasteiger partial charge in [0.15, 0.2) is 0 Å². The van der Waals surface area contributed by atoms with Crippen LogP contribution in [0, 0.1) is 6.61 Å². The molecular formula is C22H39O5+. The summed E-state index contributed by atoms with van der Waals surface area (Å²) in [7, 11) is 0. The first-order valence-corrected chi connectivity index (χ1v) is 10.5. The lowest BCUT2D eigenvalue weighted by atomic mass is 10.0. The highest BCUT2D eigenvalue weighted by Crippen LogP contribution is 2.15. The maximum Gasteiger partial charge on any atom is 0.266 e. The molecule has 0 radical (unpaired) electrons. The van der Waals surface area contributed by atoms with Gasteiger partial charge in [0.1, 0.15) is 0 Å². The van der Waals surface area contributed by atoms with Crippen LogP contribution >= 0.6 is 0 Å². The van der Waals surface area contributed by atoms with Crippen molar-refractivity contribution in [3.63, 3.8) is 0 Å². The first-order chi connectivity index (χ1) is 13.3. The minimum Gasteiger partial charge on any atom is -0.394 e. The summed E-state index contributed by atoms with van der Waals surface area (Å²) in [6.07, 6.45) is 20.4. The van der Waals surface area contributed by atoms with E-state index in [0.717, 1.165) is 58.0 Å². The van der Waals surface area contributed by atoms with Crippen molar-refractivity contribution in [2.24, 2.45) is 0 Å². The molecule has 5 heteroatoms. The van der Waals surface area contributed by atoms with E-state index in [2.05, 4.69) is 29.0 Å². The third-order valence-electron chi connectivity index (χ3n) is 4.44. The van der Waals surface area contributed by atoms with Crippen molar-refractivity contribution >= 4 is 0 Å². The van der Waals surface area contributed by atoms with E-state index < -0.39 is 0 Å². The molecule has 3 aliphatic rings. The van der Waals surface area contributed by atoms with Crippen LogP contribution in [0.25, 0.3) is 0 Å². The number of hydrogen-bond donors (Lipinski definition) is 2. The Morgan fingerprint density at radius 2 is 1.48 bits per heavy atom. The van der Waals surface area contributed by atoms with Gasteiger partial charge in [-0.3, -0.25) is 0 Å². The van der Waals surface area contributed by atoms with Gasteiger partial charge in [0.25, 0.3) is 13.2 Å². The van der Waals surface area contributed by atoms with Crippen LogP contribution < -0.4 is 0 Å². The highest BCUT2D eigenvalue weighted by Gasteiger charge is 2.14. The summed E-state index contributed by atoms with van der Waals surface area (Å²) >= 11 is 0. The SMILES string of the molecule is OC1CC/C=C\CCC1.OCCOCCOC1CC/C=C\CCC1.[CH+]1CO1. The molecule has 27 heavy (non-hydrogen) atoms. The second-order valence-corrected chi connectivity index (χ2v) is 6.94. The molecule has 0 aromatic heterocycles. The van der Waals surface area contributed by atoms with E-state index in [0.29, 0.717) is 25.9 Å². The van der Waals surface area contributed by atoms with Gasteiger partial charge in [-0.15, -0.1) is 4.74 Å². The lowest BCUT2D eigenvalue weighted by Gasteiger charge is -2.18. The molecule has 2 atom stereocenters. The van der Waals surface area contributed by atoms with Crippen molar-refractivity contribution in [2.45, 2.75) is 76.4 Å². The van der Waals surface area contributed by atoms with Gasteiger partial charge in [-0.1, -0.05) is 24.3 Å². The van der Waals surface area contributed by atoms with E-state index in [4.69, 9.17) is 14.6 Å². The Morgan fingerprint density at radius 1 is 0.852 bits per heavy atom. The quantitative estimate of drug-likeness (QED) is 0.314. The lowest BCUT2D eigenvalue weighted by Crippen LogP contribution is -2.17. The molecule has 2 unspecified atom stereocenters. The molecule has 1 heterocycles. The normalized spacial score (nSPS) is 26.9. The number of ether oxygens (including phenoxy) is 3. The third-order valence-corrected chi connectivity index (χ3v) is 4.44. The Labute approximate surface area is 165 Å². The minimum absolute atomic E-state index is 0.0325. The van der Waals surface area contributed by atoms with Crippen molar-refractivity contribution in [1.29, 1.82) is 0 Å². The van der Waals surface area contributed by atoms with Gasteiger partial charge in [0, 0.05) is 0 Å². The van der Waals surface area contributed by atoms with Crippen LogP contribution in [-0.4, -0.2) is 55.5 Å². The van der Waals surface area contributed by atoms with Crippen molar-refractivity contribution < 1.29 is 24.4 Å². The number of allylic oxidation sites excluding steroid dienone is 4. The van der Waals surface area contributed by atoms with E-state index in [1.54, 1.807) is 6.61 Å². The van der Waals surface area contributed by atoms with Crippen molar-refractivity contribution in [2.75, 3.05) is 33.0 Å². The molecule has 1 aliphatic heterocycles. The van der Waals surface area contributed by atoms with E-state index in [9.17, 15) is 5.11 Å². The lowest BCUT2D eigenvalue weighted by molar-refractivity contribution is -0.00885. The van der Waals surface area contributed by atoms with E-state index in [1.165, 1.54) is 12.8 Å². The van der Waals surface area contributed by atoms with Crippen LogP contribution in [0.3, 0.4) is 0 Å². The number of hydrogen-bond acceptors (Lipinski definition) is 5. The predicted octanol–water partition coefficient (Wildman–Crippen LogP) is 3.95. The summed E-state index contributed by atoms with van der Waals surface area (Å²) in [6.45, 7) is 4.37. The van der Waals surface area contributed by atoms with Crippen molar-refractivity contribution in [1.82, 2.24) is 0 Å². The highest BCUT2D eigenvalue weighted by molar-refractivity contribution is 4.85. The molecule has 0 aromatic rings. The van der Waals surface area contributed by atoms with Crippen LogP contribution in [0.4, 0.5) is 0 Å². The van der Waals surface area contributed by atoms with Gasteiger partial charge in [-0.25, -0.2) is 0 Å². The zero-order valence-electron chi connectivity index (χ0n) is 16.8. The number of aliphatic hydroxyl groups excluding tert-OH is 2. The third kappa shape index (κ3) is 18.3. The first kappa shape index (κ1) is 24.2. The molecule has 0 amide bonds. The monoisotopic (exact) mass is 383 g/mol. The summed E-state index contributed by atoms with van der Waals surface area (Å²) in [5.41, 5.74) is 0. The van der Waals surface area contributed by atoms with Gasteiger partial charge in [-0.05, 0) is 64.2 Å². The fourth-order valence-electron chi connectivity index (χ4n) is 2.87. The minimum atomic E-state index is -0.0325. The molecule has 0 bridgehead atoms. The summed E-state index contributed by atoms with van der Waals surface area (Å²) in [4.78, 5) is 0. The number of aliphatic hydroxyl groups is 2. The van der Waals surface area contributed by atoms with Gasteiger partial charge >= 0.3 is 0 Å². The van der Waals surface area contributed by atoms with Crippen LogP contribution in [0.5, 0.6) is 0 Å². The smallest absolute Gasteiger partial charge is 0.266 e. The predicted molar refractivity (Wildman–Crippen MR) is 108 cm³/mol. The Bertz CT molecular complexity index is 365. The van der Waals surface area contributed by atoms with Gasteiger partial charge in [0.05, 0.1) is 38.6 Å². The molecule has 3 rings (SSSR count). The Morgan fingerprint density at radius 3 is 2.15 bits per heavy atom. The molecule has 2 aliphatic carbocycles. The summed E-state index contributed by atoms with van der Waals surface area (Å²) in [6, 6.07) is 0. The fraction of sp³-hybridized carbons (Fsp3) is 0.773.